The van der Waals surface area contributed by atoms with Gasteiger partial charge < -0.3 is 4.42 Å². The Bertz CT molecular complexity index is 773. The maximum absolute atomic E-state index is 5.88. The van der Waals surface area contributed by atoms with E-state index in [1.165, 1.54) is 10.9 Å². The number of rotatable bonds is 5. The molecule has 112 valence electrons. The van der Waals surface area contributed by atoms with Gasteiger partial charge in [0.2, 0.25) is 0 Å². The highest BCUT2D eigenvalue weighted by atomic mass is 35.5. The van der Waals surface area contributed by atoms with E-state index in [4.69, 9.17) is 16.0 Å². The summed E-state index contributed by atoms with van der Waals surface area (Å²) in [5.74, 6) is 0. The third kappa shape index (κ3) is 3.59. The van der Waals surface area contributed by atoms with Gasteiger partial charge in [0, 0.05) is 29.1 Å². The second kappa shape index (κ2) is 6.82. The van der Waals surface area contributed by atoms with Crippen LogP contribution in [0.1, 0.15) is 11.1 Å². The number of hydrogen-bond donors (Lipinski definition) is 0. The first kappa shape index (κ1) is 14.9. The first-order valence-corrected chi connectivity index (χ1v) is 7.66. The predicted octanol–water partition coefficient (Wildman–Crippen LogP) is 5.23. The van der Waals surface area contributed by atoms with E-state index >= 15 is 0 Å². The normalized spacial score (nSPS) is 11.8. The molecular weight excluding hydrogens is 294 g/mol. The molecule has 3 rings (SSSR count). The van der Waals surface area contributed by atoms with Crippen LogP contribution in [0.3, 0.4) is 0 Å². The molecule has 1 heterocycles. The van der Waals surface area contributed by atoms with Crippen LogP contribution in [0.2, 0.25) is 5.02 Å². The summed E-state index contributed by atoms with van der Waals surface area (Å²) in [7, 11) is 2.11. The van der Waals surface area contributed by atoms with Gasteiger partial charge in [-0.1, -0.05) is 54.1 Å². The van der Waals surface area contributed by atoms with Crippen LogP contribution in [0.25, 0.3) is 17.0 Å². The van der Waals surface area contributed by atoms with Gasteiger partial charge in [0.1, 0.15) is 5.58 Å². The lowest BCUT2D eigenvalue weighted by Gasteiger charge is -2.13. The highest BCUT2D eigenvalue weighted by molar-refractivity contribution is 6.30. The van der Waals surface area contributed by atoms with E-state index in [2.05, 4.69) is 30.2 Å². The van der Waals surface area contributed by atoms with E-state index in [9.17, 15) is 0 Å². The second-order valence-electron chi connectivity index (χ2n) is 5.41. The van der Waals surface area contributed by atoms with Gasteiger partial charge in [-0.3, -0.25) is 4.90 Å². The molecule has 0 unspecified atom stereocenters. The Labute approximate surface area is 135 Å². The first-order chi connectivity index (χ1) is 10.7. The molecule has 22 heavy (non-hydrogen) atoms. The molecule has 2 aromatic carbocycles. The van der Waals surface area contributed by atoms with E-state index in [-0.39, 0.29) is 0 Å². The third-order valence-electron chi connectivity index (χ3n) is 3.60. The fraction of sp³-hybridized carbons (Fsp3) is 0.158. The zero-order valence-corrected chi connectivity index (χ0v) is 13.3. The van der Waals surface area contributed by atoms with Crippen molar-refractivity contribution >= 4 is 28.6 Å². The summed E-state index contributed by atoms with van der Waals surface area (Å²) in [6.07, 6.45) is 6.12. The second-order valence-corrected chi connectivity index (χ2v) is 5.84. The number of hydrogen-bond acceptors (Lipinski definition) is 2. The van der Waals surface area contributed by atoms with Gasteiger partial charge in [-0.2, -0.15) is 0 Å². The summed E-state index contributed by atoms with van der Waals surface area (Å²) < 4.78 is 5.58. The Morgan fingerprint density at radius 3 is 2.68 bits per heavy atom. The zero-order chi connectivity index (χ0) is 15.4. The standard InChI is InChI=1S/C19H18ClNO/c1-21(12-4-5-15-8-10-17(20)11-9-15)13-16-14-22-19-7-3-2-6-18(16)19/h2-11,14H,12-13H2,1H3. The van der Waals surface area contributed by atoms with E-state index in [1.54, 1.807) is 0 Å². The highest BCUT2D eigenvalue weighted by Gasteiger charge is 2.06. The topological polar surface area (TPSA) is 16.4 Å². The number of para-hydroxylation sites is 1. The maximum atomic E-state index is 5.88. The third-order valence-corrected chi connectivity index (χ3v) is 3.85. The Morgan fingerprint density at radius 1 is 1.09 bits per heavy atom. The molecule has 0 spiro atoms. The summed E-state index contributed by atoms with van der Waals surface area (Å²) in [6, 6.07) is 16.0. The molecule has 0 N–H and O–H groups in total. The van der Waals surface area contributed by atoms with Crippen molar-refractivity contribution in [1.82, 2.24) is 4.90 Å². The Kier molecular flexibility index (Phi) is 4.62. The van der Waals surface area contributed by atoms with Crippen LogP contribution in [0.4, 0.5) is 0 Å². The molecule has 3 aromatic rings. The number of fused-ring (bicyclic) bond motifs is 1. The molecule has 0 atom stereocenters. The van der Waals surface area contributed by atoms with Gasteiger partial charge in [0.05, 0.1) is 6.26 Å². The molecule has 0 bridgehead atoms. The van der Waals surface area contributed by atoms with Crippen molar-refractivity contribution in [3.63, 3.8) is 0 Å². The summed E-state index contributed by atoms with van der Waals surface area (Å²) in [6.45, 7) is 1.74. The lowest BCUT2D eigenvalue weighted by atomic mass is 10.1. The average Bonchev–Trinajstić information content (AvgIpc) is 2.93. The van der Waals surface area contributed by atoms with E-state index in [0.717, 1.165) is 29.3 Å². The van der Waals surface area contributed by atoms with Crippen LogP contribution in [0.5, 0.6) is 0 Å². The van der Waals surface area contributed by atoms with Crippen LogP contribution in [-0.2, 0) is 6.54 Å². The van der Waals surface area contributed by atoms with Gasteiger partial charge >= 0.3 is 0 Å². The molecule has 0 radical (unpaired) electrons. The van der Waals surface area contributed by atoms with Crippen LogP contribution in [0.15, 0.2) is 65.3 Å². The number of furan rings is 1. The van der Waals surface area contributed by atoms with Gasteiger partial charge in [-0.05, 0) is 30.8 Å². The fourth-order valence-corrected chi connectivity index (χ4v) is 2.58. The number of likely N-dealkylation sites (N-methyl/N-ethyl adjacent to an activating group) is 1. The highest BCUT2D eigenvalue weighted by Crippen LogP contribution is 2.21. The molecular formula is C19H18ClNO. The fourth-order valence-electron chi connectivity index (χ4n) is 2.45. The first-order valence-electron chi connectivity index (χ1n) is 7.28. The molecule has 1 aromatic heterocycles. The Morgan fingerprint density at radius 2 is 1.86 bits per heavy atom. The SMILES string of the molecule is CN(CC=Cc1ccc(Cl)cc1)Cc1coc2ccccc12. The Hall–Kier alpha value is -2.03. The molecule has 0 aliphatic rings. The lowest BCUT2D eigenvalue weighted by molar-refractivity contribution is 0.363. The van der Waals surface area contributed by atoms with Crippen molar-refractivity contribution in [2.75, 3.05) is 13.6 Å². The van der Waals surface area contributed by atoms with Gasteiger partial charge in [-0.25, -0.2) is 0 Å². The van der Waals surface area contributed by atoms with Crippen molar-refractivity contribution in [3.8, 4) is 0 Å². The predicted molar refractivity (Wildman–Crippen MR) is 93.0 cm³/mol. The van der Waals surface area contributed by atoms with Crippen LogP contribution < -0.4 is 0 Å². The molecule has 0 saturated heterocycles. The van der Waals surface area contributed by atoms with Crippen molar-refractivity contribution in [1.29, 1.82) is 0 Å². The van der Waals surface area contributed by atoms with Crippen molar-refractivity contribution < 1.29 is 4.42 Å². The monoisotopic (exact) mass is 311 g/mol. The Balaban J connectivity index is 1.60. The van der Waals surface area contributed by atoms with Crippen LogP contribution in [-0.4, -0.2) is 18.5 Å². The molecule has 0 amide bonds. The van der Waals surface area contributed by atoms with E-state index < -0.39 is 0 Å². The van der Waals surface area contributed by atoms with Crippen molar-refractivity contribution in [2.45, 2.75) is 6.54 Å². The summed E-state index contributed by atoms with van der Waals surface area (Å²) >= 11 is 5.88. The molecule has 2 nitrogen and oxygen atoms in total. The molecule has 0 aliphatic heterocycles. The summed E-state index contributed by atoms with van der Waals surface area (Å²) in [5.41, 5.74) is 3.33. The van der Waals surface area contributed by atoms with Crippen LogP contribution in [0, 0.1) is 0 Å². The quantitative estimate of drug-likeness (QED) is 0.641. The number of nitrogens with zero attached hydrogens (tertiary/aromatic N) is 1. The molecule has 0 aliphatic carbocycles. The lowest BCUT2D eigenvalue weighted by Crippen LogP contribution is -2.17. The van der Waals surface area contributed by atoms with E-state index in [0.29, 0.717) is 0 Å². The zero-order valence-electron chi connectivity index (χ0n) is 12.5. The minimum atomic E-state index is 0.765. The van der Waals surface area contributed by atoms with Gasteiger partial charge in [-0.15, -0.1) is 0 Å². The number of halogens is 1. The largest absolute Gasteiger partial charge is 0.464 e. The summed E-state index contributed by atoms with van der Waals surface area (Å²) in [5, 5.41) is 1.96. The minimum absolute atomic E-state index is 0.765. The van der Waals surface area contributed by atoms with Gasteiger partial charge in [0.15, 0.2) is 0 Å². The smallest absolute Gasteiger partial charge is 0.134 e. The average molecular weight is 312 g/mol. The summed E-state index contributed by atoms with van der Waals surface area (Å²) in [4.78, 5) is 2.25. The molecule has 0 fully saturated rings. The molecule has 0 saturated carbocycles. The number of benzene rings is 2. The minimum Gasteiger partial charge on any atom is -0.464 e. The van der Waals surface area contributed by atoms with Crippen molar-refractivity contribution in [2.24, 2.45) is 0 Å². The molecule has 3 heteroatoms. The van der Waals surface area contributed by atoms with Gasteiger partial charge in [0.25, 0.3) is 0 Å². The maximum Gasteiger partial charge on any atom is 0.134 e. The van der Waals surface area contributed by atoms with E-state index in [1.807, 2.05) is 48.7 Å². The van der Waals surface area contributed by atoms with Crippen molar-refractivity contribution in [3.05, 3.63) is 77.0 Å². The van der Waals surface area contributed by atoms with Crippen LogP contribution >= 0.6 is 11.6 Å².